The van der Waals surface area contributed by atoms with Crippen LogP contribution < -0.4 is 0 Å². The van der Waals surface area contributed by atoms with Crippen molar-refractivity contribution in [1.82, 2.24) is 0 Å². The van der Waals surface area contributed by atoms with Crippen molar-refractivity contribution in [2.75, 3.05) is 13.7 Å². The molecule has 0 aromatic rings. The molecule has 2 saturated heterocycles. The number of epoxide rings is 1. The molecule has 0 bridgehead atoms. The second-order valence-electron chi connectivity index (χ2n) is 11.4. The molecule has 32 heavy (non-hydrogen) atoms. The fraction of sp³-hybridized carbons (Fsp3) is 0.800. The largest absolute Gasteiger partial charge is 0.469 e. The molecule has 2 aliphatic heterocycles. The Morgan fingerprint density at radius 3 is 2.66 bits per heavy atom. The monoisotopic (exact) mass is 444 g/mol. The molecule has 0 radical (unpaired) electrons. The number of aliphatic hydroxyl groups excluding tert-OH is 1. The number of methoxy groups -OCH3 is 1. The van der Waals surface area contributed by atoms with Crippen LogP contribution in [0, 0.1) is 34.5 Å². The molecule has 9 atom stereocenters. The molecule has 5 fully saturated rings. The van der Waals surface area contributed by atoms with Gasteiger partial charge in [-0.15, -0.1) is 0 Å². The van der Waals surface area contributed by atoms with Gasteiger partial charge in [-0.05, 0) is 44.1 Å². The molecular formula is C25H32O7. The van der Waals surface area contributed by atoms with Gasteiger partial charge in [0.2, 0.25) is 0 Å². The molecule has 7 heteroatoms. The number of ketones is 1. The summed E-state index contributed by atoms with van der Waals surface area (Å²) in [6, 6.07) is 0. The second-order valence-corrected chi connectivity index (χ2v) is 11.4. The first-order valence-electron chi connectivity index (χ1n) is 12.0. The Labute approximate surface area is 187 Å². The number of rotatable bonds is 2. The van der Waals surface area contributed by atoms with E-state index >= 15 is 0 Å². The number of hydrogen-bond acceptors (Lipinski definition) is 7. The van der Waals surface area contributed by atoms with Gasteiger partial charge in [-0.25, -0.2) is 0 Å². The predicted molar refractivity (Wildman–Crippen MR) is 111 cm³/mol. The van der Waals surface area contributed by atoms with Crippen molar-refractivity contribution in [2.45, 2.75) is 76.1 Å². The maximum atomic E-state index is 13.3. The standard InChI is InChI=1S/C25H32O7/c1-22-7-4-13(27)10-16(22)14(12-26)19(21(29)30-3)20-15-5-8-24(9-6-18(28)32-24)23(15,2)11-17-25(20,22)31-17/h10,14-15,17,19-20,26H,4-9,11-12H2,1-3H3/t14-,15?,17-,19+,20?,22-,23-,24+,25+/m0/s1. The Morgan fingerprint density at radius 2 is 2.00 bits per heavy atom. The lowest BCUT2D eigenvalue weighted by molar-refractivity contribution is -0.176. The molecule has 1 N–H and O–H groups in total. The second kappa shape index (κ2) is 6.23. The van der Waals surface area contributed by atoms with Crippen LogP contribution in [-0.4, -0.2) is 53.9 Å². The zero-order chi connectivity index (χ0) is 22.7. The molecular weight excluding hydrogens is 412 g/mol. The number of aliphatic hydroxyl groups is 1. The van der Waals surface area contributed by atoms with E-state index in [4.69, 9.17) is 14.2 Å². The number of carbonyl (C=O) groups is 3. The summed E-state index contributed by atoms with van der Waals surface area (Å²) in [6.07, 6.45) is 6.33. The average Bonchev–Trinajstić information content (AvgIpc) is 3.25. The quantitative estimate of drug-likeness (QED) is 0.515. The summed E-state index contributed by atoms with van der Waals surface area (Å²) in [5.41, 5.74) is -0.876. The maximum absolute atomic E-state index is 13.3. The zero-order valence-corrected chi connectivity index (χ0v) is 19.0. The van der Waals surface area contributed by atoms with Gasteiger partial charge >= 0.3 is 11.9 Å². The van der Waals surface area contributed by atoms with Crippen LogP contribution in [-0.2, 0) is 28.6 Å². The van der Waals surface area contributed by atoms with Crippen molar-refractivity contribution < 1.29 is 33.7 Å². The fourth-order valence-electron chi connectivity index (χ4n) is 9.15. The lowest BCUT2D eigenvalue weighted by atomic mass is 9.41. The minimum atomic E-state index is -0.586. The molecule has 2 heterocycles. The first-order valence-corrected chi connectivity index (χ1v) is 12.0. The van der Waals surface area contributed by atoms with Gasteiger partial charge in [-0.2, -0.15) is 0 Å². The number of esters is 2. The SMILES string of the molecule is COC(=O)[C@H]1C2C3CC[C@@]4(CCC(=O)O4)[C@@]3(C)C[C@@H]3O[C@@]23[C@@]2(C)CCC(=O)C=C2[C@@H]1CO. The van der Waals surface area contributed by atoms with Crippen molar-refractivity contribution in [1.29, 1.82) is 0 Å². The van der Waals surface area contributed by atoms with Gasteiger partial charge in [0.05, 0.1) is 25.7 Å². The molecule has 0 amide bonds. The van der Waals surface area contributed by atoms with Crippen LogP contribution in [0.1, 0.15) is 58.8 Å². The summed E-state index contributed by atoms with van der Waals surface area (Å²) in [4.78, 5) is 37.9. The van der Waals surface area contributed by atoms with E-state index in [0.29, 0.717) is 25.7 Å². The summed E-state index contributed by atoms with van der Waals surface area (Å²) >= 11 is 0. The number of carbonyl (C=O) groups excluding carboxylic acids is 3. The lowest BCUT2D eigenvalue weighted by Crippen LogP contribution is -2.65. The topological polar surface area (TPSA) is 102 Å². The van der Waals surface area contributed by atoms with Gasteiger partial charge in [0.15, 0.2) is 5.78 Å². The molecule has 3 saturated carbocycles. The Kier molecular flexibility index (Phi) is 4.06. The van der Waals surface area contributed by atoms with Crippen molar-refractivity contribution in [2.24, 2.45) is 34.5 Å². The third kappa shape index (κ3) is 2.13. The molecule has 6 rings (SSSR count). The Balaban J connectivity index is 1.53. The van der Waals surface area contributed by atoms with Gasteiger partial charge in [-0.1, -0.05) is 19.4 Å². The number of ether oxygens (including phenoxy) is 3. The Bertz CT molecular complexity index is 956. The van der Waals surface area contributed by atoms with Crippen LogP contribution in [0.25, 0.3) is 0 Å². The maximum Gasteiger partial charge on any atom is 0.309 e. The smallest absolute Gasteiger partial charge is 0.309 e. The van der Waals surface area contributed by atoms with E-state index in [1.54, 1.807) is 6.08 Å². The van der Waals surface area contributed by atoms with Gasteiger partial charge in [0.25, 0.3) is 0 Å². The normalized spacial score (nSPS) is 53.0. The summed E-state index contributed by atoms with van der Waals surface area (Å²) < 4.78 is 18.0. The average molecular weight is 445 g/mol. The number of fused-ring (bicyclic) bond motifs is 4. The highest BCUT2D eigenvalue weighted by atomic mass is 16.6. The summed E-state index contributed by atoms with van der Waals surface area (Å²) in [5.74, 6) is -1.53. The lowest BCUT2D eigenvalue weighted by Gasteiger charge is -2.60. The van der Waals surface area contributed by atoms with E-state index in [1.165, 1.54) is 7.11 Å². The third-order valence-corrected chi connectivity index (χ3v) is 10.6. The molecule has 6 aliphatic rings. The van der Waals surface area contributed by atoms with Crippen LogP contribution >= 0.6 is 0 Å². The molecule has 2 unspecified atom stereocenters. The first kappa shape index (κ1) is 20.8. The Hall–Kier alpha value is -1.73. The highest BCUT2D eigenvalue weighted by Crippen LogP contribution is 2.79. The zero-order valence-electron chi connectivity index (χ0n) is 19.0. The van der Waals surface area contributed by atoms with Gasteiger partial charge < -0.3 is 19.3 Å². The molecule has 174 valence electrons. The first-order chi connectivity index (χ1) is 15.2. The van der Waals surface area contributed by atoms with Crippen molar-refractivity contribution in [3.05, 3.63) is 11.6 Å². The summed E-state index contributed by atoms with van der Waals surface area (Å²) in [6.45, 7) is 4.17. The third-order valence-electron chi connectivity index (χ3n) is 10.6. The molecule has 4 aliphatic carbocycles. The van der Waals surface area contributed by atoms with Crippen molar-refractivity contribution >= 4 is 17.7 Å². The van der Waals surface area contributed by atoms with Crippen molar-refractivity contribution in [3.8, 4) is 0 Å². The van der Waals surface area contributed by atoms with Crippen LogP contribution in [0.5, 0.6) is 0 Å². The van der Waals surface area contributed by atoms with Crippen LogP contribution in [0.3, 0.4) is 0 Å². The molecule has 7 nitrogen and oxygen atoms in total. The van der Waals surface area contributed by atoms with E-state index < -0.39 is 28.5 Å². The minimum Gasteiger partial charge on any atom is -0.469 e. The summed E-state index contributed by atoms with van der Waals surface area (Å²) in [5, 5.41) is 10.5. The highest BCUT2D eigenvalue weighted by Gasteiger charge is 2.84. The minimum absolute atomic E-state index is 0.0462. The van der Waals surface area contributed by atoms with E-state index in [9.17, 15) is 19.5 Å². The van der Waals surface area contributed by atoms with E-state index in [1.807, 2.05) is 0 Å². The fourth-order valence-corrected chi connectivity index (χ4v) is 9.15. The van der Waals surface area contributed by atoms with E-state index in [0.717, 1.165) is 24.8 Å². The van der Waals surface area contributed by atoms with Gasteiger partial charge in [-0.3, -0.25) is 14.4 Å². The molecule has 0 aromatic heterocycles. The van der Waals surface area contributed by atoms with E-state index in [-0.39, 0.29) is 47.7 Å². The summed E-state index contributed by atoms with van der Waals surface area (Å²) in [7, 11) is 1.39. The predicted octanol–water partition coefficient (Wildman–Crippen LogP) is 2.34. The van der Waals surface area contributed by atoms with Crippen molar-refractivity contribution in [3.63, 3.8) is 0 Å². The van der Waals surface area contributed by atoms with Crippen LogP contribution in [0.2, 0.25) is 0 Å². The van der Waals surface area contributed by atoms with Gasteiger partial charge in [0.1, 0.15) is 11.2 Å². The Morgan fingerprint density at radius 1 is 1.22 bits per heavy atom. The van der Waals surface area contributed by atoms with Crippen LogP contribution in [0.15, 0.2) is 11.6 Å². The van der Waals surface area contributed by atoms with Gasteiger partial charge in [0, 0.05) is 35.5 Å². The highest BCUT2D eigenvalue weighted by molar-refractivity contribution is 5.92. The van der Waals surface area contributed by atoms with E-state index in [2.05, 4.69) is 13.8 Å². The van der Waals surface area contributed by atoms with Crippen LogP contribution in [0.4, 0.5) is 0 Å². The molecule has 2 spiro atoms. The molecule has 0 aromatic carbocycles. The number of hydrogen-bond donors (Lipinski definition) is 1.